The molecule has 5 nitrogen and oxygen atoms in total. The second-order valence-corrected chi connectivity index (χ2v) is 5.11. The number of nitrogens with one attached hydrogen (secondary N) is 2. The quantitative estimate of drug-likeness (QED) is 0.904. The van der Waals surface area contributed by atoms with Crippen LogP contribution in [0.2, 0.25) is 0 Å². The highest BCUT2D eigenvalue weighted by Gasteiger charge is 2.16. The Morgan fingerprint density at radius 2 is 2.35 bits per heavy atom. The lowest BCUT2D eigenvalue weighted by Crippen LogP contribution is -2.48. The van der Waals surface area contributed by atoms with Gasteiger partial charge in [-0.15, -0.1) is 12.4 Å². The molecule has 2 aromatic rings. The van der Waals surface area contributed by atoms with E-state index >= 15 is 0 Å². The van der Waals surface area contributed by atoms with Crippen molar-refractivity contribution in [2.45, 2.75) is 19.5 Å². The molecule has 3 heterocycles. The molecule has 0 bridgehead atoms. The monoisotopic (exact) mass is 293 g/mol. The van der Waals surface area contributed by atoms with Gasteiger partial charge in [0, 0.05) is 55.9 Å². The van der Waals surface area contributed by atoms with Crippen molar-refractivity contribution in [2.24, 2.45) is 0 Å². The zero-order valence-electron chi connectivity index (χ0n) is 11.5. The van der Waals surface area contributed by atoms with Crippen LogP contribution in [0.5, 0.6) is 0 Å². The number of aromatic nitrogens is 3. The van der Waals surface area contributed by atoms with Crippen LogP contribution in [0.4, 0.5) is 0 Å². The molecule has 0 aliphatic carbocycles. The van der Waals surface area contributed by atoms with E-state index in [4.69, 9.17) is 0 Å². The van der Waals surface area contributed by atoms with E-state index in [0.29, 0.717) is 6.04 Å². The molecular weight excluding hydrogens is 274 g/mol. The van der Waals surface area contributed by atoms with Gasteiger partial charge >= 0.3 is 0 Å². The molecule has 1 atom stereocenters. The summed E-state index contributed by atoms with van der Waals surface area (Å²) >= 11 is 0. The van der Waals surface area contributed by atoms with Gasteiger partial charge in [-0.2, -0.15) is 5.10 Å². The Bertz CT molecular complexity index is 527. The van der Waals surface area contributed by atoms with E-state index in [1.165, 1.54) is 0 Å². The van der Waals surface area contributed by atoms with Crippen molar-refractivity contribution >= 4 is 12.4 Å². The van der Waals surface area contributed by atoms with Crippen LogP contribution < -0.4 is 5.32 Å². The van der Waals surface area contributed by atoms with Crippen molar-refractivity contribution < 1.29 is 0 Å². The molecule has 108 valence electrons. The zero-order valence-corrected chi connectivity index (χ0v) is 12.4. The Morgan fingerprint density at radius 3 is 3.10 bits per heavy atom. The van der Waals surface area contributed by atoms with Gasteiger partial charge in [-0.1, -0.05) is 0 Å². The third-order valence-electron chi connectivity index (χ3n) is 3.44. The summed E-state index contributed by atoms with van der Waals surface area (Å²) in [6.07, 6.45) is 3.62. The second kappa shape index (κ2) is 6.83. The maximum absolute atomic E-state index is 4.36. The lowest BCUT2D eigenvalue weighted by atomic mass is 10.2. The molecule has 6 heteroatoms. The van der Waals surface area contributed by atoms with Gasteiger partial charge in [0.25, 0.3) is 0 Å². The fraction of sp³-hybridized carbons (Fsp3) is 0.429. The van der Waals surface area contributed by atoms with E-state index in [1.54, 1.807) is 6.20 Å². The van der Waals surface area contributed by atoms with Crippen LogP contribution in [-0.4, -0.2) is 45.8 Å². The Hall–Kier alpha value is -1.43. The first-order valence-electron chi connectivity index (χ1n) is 6.72. The normalized spacial score (nSPS) is 19.6. The number of pyridine rings is 1. The molecule has 1 aliphatic heterocycles. The number of aromatic amines is 1. The maximum Gasteiger partial charge on any atom is 0.0939 e. The number of rotatable bonds is 3. The molecule has 1 saturated heterocycles. The molecule has 3 rings (SSSR count). The summed E-state index contributed by atoms with van der Waals surface area (Å²) in [6.45, 7) is 6.39. The number of hydrogen-bond donors (Lipinski definition) is 2. The molecule has 0 unspecified atom stereocenters. The van der Waals surface area contributed by atoms with Crippen LogP contribution in [0.1, 0.15) is 12.6 Å². The fourth-order valence-corrected chi connectivity index (χ4v) is 2.50. The first-order chi connectivity index (χ1) is 9.31. The van der Waals surface area contributed by atoms with E-state index < -0.39 is 0 Å². The summed E-state index contributed by atoms with van der Waals surface area (Å²) in [5, 5.41) is 10.9. The first-order valence-corrected chi connectivity index (χ1v) is 6.72. The summed E-state index contributed by atoms with van der Waals surface area (Å²) in [5.74, 6) is 0. The summed E-state index contributed by atoms with van der Waals surface area (Å²) in [5.41, 5.74) is 3.18. The van der Waals surface area contributed by atoms with Gasteiger partial charge in [0.15, 0.2) is 0 Å². The second-order valence-electron chi connectivity index (χ2n) is 5.11. The number of piperazine rings is 1. The van der Waals surface area contributed by atoms with Crippen LogP contribution in [0.15, 0.2) is 30.6 Å². The fourth-order valence-electron chi connectivity index (χ4n) is 2.50. The summed E-state index contributed by atoms with van der Waals surface area (Å²) in [4.78, 5) is 6.57. The summed E-state index contributed by atoms with van der Waals surface area (Å²) < 4.78 is 0. The molecule has 0 spiro atoms. The van der Waals surface area contributed by atoms with Gasteiger partial charge in [-0.3, -0.25) is 15.0 Å². The van der Waals surface area contributed by atoms with E-state index in [0.717, 1.165) is 43.1 Å². The van der Waals surface area contributed by atoms with Crippen molar-refractivity contribution in [3.05, 3.63) is 36.3 Å². The number of hydrogen-bond acceptors (Lipinski definition) is 4. The molecule has 0 amide bonds. The van der Waals surface area contributed by atoms with Crippen molar-refractivity contribution in [2.75, 3.05) is 19.6 Å². The third kappa shape index (κ3) is 3.56. The molecule has 1 aliphatic rings. The minimum Gasteiger partial charge on any atom is -0.312 e. The Kier molecular flexibility index (Phi) is 5.11. The predicted molar refractivity (Wildman–Crippen MR) is 81.8 cm³/mol. The SMILES string of the molecule is C[C@H]1CN(Cc2cc(-c3cccnc3)n[nH]2)CCN1.Cl. The van der Waals surface area contributed by atoms with Crippen LogP contribution >= 0.6 is 12.4 Å². The average Bonchev–Trinajstić information content (AvgIpc) is 2.88. The molecule has 0 saturated carbocycles. The van der Waals surface area contributed by atoms with Gasteiger partial charge in [0.1, 0.15) is 0 Å². The third-order valence-corrected chi connectivity index (χ3v) is 3.44. The lowest BCUT2D eigenvalue weighted by Gasteiger charge is -2.31. The molecular formula is C14H20ClN5. The number of halogens is 1. The Labute approximate surface area is 125 Å². The van der Waals surface area contributed by atoms with E-state index in [9.17, 15) is 0 Å². The Morgan fingerprint density at radius 1 is 1.45 bits per heavy atom. The predicted octanol–water partition coefficient (Wildman–Crippen LogP) is 1.69. The number of H-pyrrole nitrogens is 1. The smallest absolute Gasteiger partial charge is 0.0939 e. The highest BCUT2D eigenvalue weighted by Crippen LogP contribution is 2.17. The van der Waals surface area contributed by atoms with Crippen LogP contribution in [-0.2, 0) is 6.54 Å². The topological polar surface area (TPSA) is 56.8 Å². The van der Waals surface area contributed by atoms with Gasteiger partial charge < -0.3 is 5.32 Å². The zero-order chi connectivity index (χ0) is 13.1. The van der Waals surface area contributed by atoms with Crippen molar-refractivity contribution in [1.82, 2.24) is 25.4 Å². The van der Waals surface area contributed by atoms with Crippen LogP contribution in [0.3, 0.4) is 0 Å². The van der Waals surface area contributed by atoms with Gasteiger partial charge in [-0.05, 0) is 25.1 Å². The van der Waals surface area contributed by atoms with E-state index in [2.05, 4.69) is 38.4 Å². The molecule has 20 heavy (non-hydrogen) atoms. The molecule has 2 aromatic heterocycles. The van der Waals surface area contributed by atoms with E-state index in [1.807, 2.05) is 18.3 Å². The minimum atomic E-state index is 0. The molecule has 0 radical (unpaired) electrons. The molecule has 2 N–H and O–H groups in total. The molecule has 0 aromatic carbocycles. The highest BCUT2D eigenvalue weighted by molar-refractivity contribution is 5.85. The number of nitrogens with zero attached hydrogens (tertiary/aromatic N) is 3. The molecule has 1 fully saturated rings. The summed E-state index contributed by atoms with van der Waals surface area (Å²) in [6, 6.07) is 6.64. The van der Waals surface area contributed by atoms with Crippen molar-refractivity contribution in [1.29, 1.82) is 0 Å². The lowest BCUT2D eigenvalue weighted by molar-refractivity contribution is 0.197. The van der Waals surface area contributed by atoms with E-state index in [-0.39, 0.29) is 12.4 Å². The standard InChI is InChI=1S/C14H19N5.ClH/c1-11-9-19(6-5-16-11)10-13-7-14(18-17-13)12-3-2-4-15-8-12;/h2-4,7-8,11,16H,5-6,9-10H2,1H3,(H,17,18);1H/t11-;/m0./s1. The van der Waals surface area contributed by atoms with Gasteiger partial charge in [0.2, 0.25) is 0 Å². The summed E-state index contributed by atoms with van der Waals surface area (Å²) in [7, 11) is 0. The highest BCUT2D eigenvalue weighted by atomic mass is 35.5. The van der Waals surface area contributed by atoms with Crippen molar-refractivity contribution in [3.63, 3.8) is 0 Å². The van der Waals surface area contributed by atoms with Gasteiger partial charge in [0.05, 0.1) is 5.69 Å². The van der Waals surface area contributed by atoms with Crippen molar-refractivity contribution in [3.8, 4) is 11.3 Å². The average molecular weight is 294 g/mol. The minimum absolute atomic E-state index is 0. The van der Waals surface area contributed by atoms with Gasteiger partial charge in [-0.25, -0.2) is 0 Å². The van der Waals surface area contributed by atoms with Crippen LogP contribution in [0, 0.1) is 0 Å². The first kappa shape index (κ1) is 15.0. The largest absolute Gasteiger partial charge is 0.312 e. The maximum atomic E-state index is 4.36. The Balaban J connectivity index is 0.00000147. The van der Waals surface area contributed by atoms with Crippen LogP contribution in [0.25, 0.3) is 11.3 Å².